The van der Waals surface area contributed by atoms with Gasteiger partial charge in [0.1, 0.15) is 0 Å². The molecule has 0 fully saturated rings. The van der Waals surface area contributed by atoms with Gasteiger partial charge in [-0.05, 0) is 31.9 Å². The number of hydrogen-bond acceptors (Lipinski definition) is 3. The molecule has 0 bridgehead atoms. The SMILES string of the molecule is CCCC(CC)Nc1cccc(-c2csc(C)n2)c1. The average Bonchev–Trinajstić information content (AvgIpc) is 2.85. The largest absolute Gasteiger partial charge is 0.382 e. The number of aromatic nitrogens is 1. The Morgan fingerprint density at radius 1 is 1.32 bits per heavy atom. The van der Waals surface area contributed by atoms with Crippen LogP contribution in [0.5, 0.6) is 0 Å². The van der Waals surface area contributed by atoms with Gasteiger partial charge in [0.2, 0.25) is 0 Å². The number of rotatable bonds is 6. The maximum atomic E-state index is 4.55. The van der Waals surface area contributed by atoms with Crippen molar-refractivity contribution in [1.29, 1.82) is 0 Å². The zero-order valence-corrected chi connectivity index (χ0v) is 12.8. The molecule has 1 N–H and O–H groups in total. The first-order chi connectivity index (χ1) is 9.22. The molecule has 2 rings (SSSR count). The summed E-state index contributed by atoms with van der Waals surface area (Å²) >= 11 is 1.70. The van der Waals surface area contributed by atoms with Gasteiger partial charge in [-0.25, -0.2) is 4.98 Å². The van der Waals surface area contributed by atoms with Crippen molar-refractivity contribution in [3.63, 3.8) is 0 Å². The Hall–Kier alpha value is -1.35. The molecule has 3 heteroatoms. The number of thiazole rings is 1. The molecule has 0 saturated heterocycles. The number of nitrogens with one attached hydrogen (secondary N) is 1. The molecular weight excluding hydrogens is 252 g/mol. The predicted molar refractivity (Wildman–Crippen MR) is 84.9 cm³/mol. The molecule has 0 saturated carbocycles. The summed E-state index contributed by atoms with van der Waals surface area (Å²) in [5, 5.41) is 6.86. The molecule has 1 aromatic carbocycles. The molecule has 0 aliphatic carbocycles. The van der Waals surface area contributed by atoms with Crippen LogP contribution in [0.1, 0.15) is 38.1 Å². The lowest BCUT2D eigenvalue weighted by atomic mass is 10.1. The van der Waals surface area contributed by atoms with Crippen molar-refractivity contribution in [3.8, 4) is 11.3 Å². The van der Waals surface area contributed by atoms with E-state index in [0.717, 1.165) is 17.1 Å². The summed E-state index contributed by atoms with van der Waals surface area (Å²) in [5.74, 6) is 0. The molecule has 0 aliphatic rings. The highest BCUT2D eigenvalue weighted by atomic mass is 32.1. The van der Waals surface area contributed by atoms with Crippen LogP contribution < -0.4 is 5.32 Å². The molecule has 2 aromatic rings. The standard InChI is InChI=1S/C16H22N2S/c1-4-7-14(5-2)18-15-9-6-8-13(10-15)16-11-19-12(3)17-16/h6,8-11,14,18H,4-5,7H2,1-3H3. The summed E-state index contributed by atoms with van der Waals surface area (Å²) in [6.07, 6.45) is 3.60. The fourth-order valence-corrected chi connectivity index (χ4v) is 2.85. The molecule has 1 heterocycles. The Balaban J connectivity index is 2.15. The second kappa shape index (κ2) is 6.71. The van der Waals surface area contributed by atoms with Gasteiger partial charge in [0.25, 0.3) is 0 Å². The number of hydrogen-bond donors (Lipinski definition) is 1. The molecule has 0 radical (unpaired) electrons. The molecular formula is C16H22N2S. The monoisotopic (exact) mass is 274 g/mol. The zero-order valence-electron chi connectivity index (χ0n) is 11.9. The maximum absolute atomic E-state index is 4.55. The number of aryl methyl sites for hydroxylation is 1. The summed E-state index contributed by atoms with van der Waals surface area (Å²) < 4.78 is 0. The van der Waals surface area contributed by atoms with Crippen LogP contribution in [0.15, 0.2) is 29.6 Å². The predicted octanol–water partition coefficient (Wildman–Crippen LogP) is 5.11. The average molecular weight is 274 g/mol. The van der Waals surface area contributed by atoms with Crippen LogP contribution in [0.2, 0.25) is 0 Å². The Kier molecular flexibility index (Phi) is 4.97. The lowest BCUT2D eigenvalue weighted by Crippen LogP contribution is -2.17. The van der Waals surface area contributed by atoms with Gasteiger partial charge in [0.15, 0.2) is 0 Å². The molecule has 0 amide bonds. The fourth-order valence-electron chi connectivity index (χ4n) is 2.23. The summed E-state index contributed by atoms with van der Waals surface area (Å²) in [7, 11) is 0. The third-order valence-electron chi connectivity index (χ3n) is 3.28. The summed E-state index contributed by atoms with van der Waals surface area (Å²) in [4.78, 5) is 4.55. The quantitative estimate of drug-likeness (QED) is 0.791. The van der Waals surface area contributed by atoms with Crippen LogP contribution in [0.25, 0.3) is 11.3 Å². The van der Waals surface area contributed by atoms with E-state index in [-0.39, 0.29) is 0 Å². The van der Waals surface area contributed by atoms with Crippen molar-refractivity contribution < 1.29 is 0 Å². The first-order valence-electron chi connectivity index (χ1n) is 7.02. The van der Waals surface area contributed by atoms with Gasteiger partial charge in [-0.3, -0.25) is 0 Å². The highest BCUT2D eigenvalue weighted by Gasteiger charge is 2.07. The first kappa shape index (κ1) is 14.1. The number of nitrogens with zero attached hydrogens (tertiary/aromatic N) is 1. The summed E-state index contributed by atoms with van der Waals surface area (Å²) in [6, 6.07) is 9.14. The summed E-state index contributed by atoms with van der Waals surface area (Å²) in [5.41, 5.74) is 3.47. The lowest BCUT2D eigenvalue weighted by Gasteiger charge is -2.17. The van der Waals surface area contributed by atoms with E-state index >= 15 is 0 Å². The van der Waals surface area contributed by atoms with Crippen LogP contribution in [-0.2, 0) is 0 Å². The zero-order chi connectivity index (χ0) is 13.7. The van der Waals surface area contributed by atoms with Crippen molar-refractivity contribution in [1.82, 2.24) is 4.98 Å². The summed E-state index contributed by atoms with van der Waals surface area (Å²) in [6.45, 7) is 6.52. The normalized spacial score (nSPS) is 12.4. The Morgan fingerprint density at radius 2 is 2.16 bits per heavy atom. The van der Waals surface area contributed by atoms with Gasteiger partial charge in [-0.1, -0.05) is 32.4 Å². The molecule has 19 heavy (non-hydrogen) atoms. The number of anilines is 1. The molecule has 102 valence electrons. The number of benzene rings is 1. The molecule has 0 spiro atoms. The van der Waals surface area contributed by atoms with Gasteiger partial charge in [-0.2, -0.15) is 0 Å². The van der Waals surface area contributed by atoms with Crippen molar-refractivity contribution in [2.45, 2.75) is 46.1 Å². The van der Waals surface area contributed by atoms with Crippen LogP contribution in [-0.4, -0.2) is 11.0 Å². The third kappa shape index (κ3) is 3.80. The van der Waals surface area contributed by atoms with Gasteiger partial charge < -0.3 is 5.32 Å². The van der Waals surface area contributed by atoms with E-state index in [9.17, 15) is 0 Å². The Bertz CT molecular complexity index is 519. The fraction of sp³-hybridized carbons (Fsp3) is 0.438. The highest BCUT2D eigenvalue weighted by Crippen LogP contribution is 2.25. The topological polar surface area (TPSA) is 24.9 Å². The van der Waals surface area contributed by atoms with E-state index in [1.165, 1.54) is 24.1 Å². The van der Waals surface area contributed by atoms with Crippen LogP contribution in [0.3, 0.4) is 0 Å². The van der Waals surface area contributed by atoms with E-state index in [2.05, 4.69) is 53.8 Å². The smallest absolute Gasteiger partial charge is 0.0901 e. The van der Waals surface area contributed by atoms with Gasteiger partial charge >= 0.3 is 0 Å². The van der Waals surface area contributed by atoms with E-state index in [1.54, 1.807) is 11.3 Å². The van der Waals surface area contributed by atoms with Gasteiger partial charge in [0.05, 0.1) is 10.7 Å². The third-order valence-corrected chi connectivity index (χ3v) is 4.05. The molecule has 2 nitrogen and oxygen atoms in total. The lowest BCUT2D eigenvalue weighted by molar-refractivity contribution is 0.623. The van der Waals surface area contributed by atoms with Crippen LogP contribution in [0, 0.1) is 6.92 Å². The van der Waals surface area contributed by atoms with Gasteiger partial charge in [0, 0.05) is 22.7 Å². The molecule has 1 aromatic heterocycles. The first-order valence-corrected chi connectivity index (χ1v) is 7.90. The second-order valence-electron chi connectivity index (χ2n) is 4.87. The van der Waals surface area contributed by atoms with Gasteiger partial charge in [-0.15, -0.1) is 11.3 Å². The minimum absolute atomic E-state index is 0.567. The van der Waals surface area contributed by atoms with Crippen molar-refractivity contribution in [2.75, 3.05) is 5.32 Å². The van der Waals surface area contributed by atoms with Crippen molar-refractivity contribution >= 4 is 17.0 Å². The van der Waals surface area contributed by atoms with E-state index in [0.29, 0.717) is 6.04 Å². The molecule has 1 unspecified atom stereocenters. The van der Waals surface area contributed by atoms with Crippen molar-refractivity contribution in [3.05, 3.63) is 34.7 Å². The van der Waals surface area contributed by atoms with Crippen LogP contribution >= 0.6 is 11.3 Å². The highest BCUT2D eigenvalue weighted by molar-refractivity contribution is 7.09. The van der Waals surface area contributed by atoms with E-state index < -0.39 is 0 Å². The van der Waals surface area contributed by atoms with Crippen LogP contribution in [0.4, 0.5) is 5.69 Å². The Labute approximate surface area is 119 Å². The maximum Gasteiger partial charge on any atom is 0.0901 e. The minimum atomic E-state index is 0.567. The van der Waals surface area contributed by atoms with E-state index in [1.807, 2.05) is 6.92 Å². The molecule has 1 atom stereocenters. The van der Waals surface area contributed by atoms with E-state index in [4.69, 9.17) is 0 Å². The second-order valence-corrected chi connectivity index (χ2v) is 5.93. The minimum Gasteiger partial charge on any atom is -0.382 e. The molecule has 0 aliphatic heterocycles. The van der Waals surface area contributed by atoms with Crippen molar-refractivity contribution in [2.24, 2.45) is 0 Å². The Morgan fingerprint density at radius 3 is 2.79 bits per heavy atom.